The van der Waals surface area contributed by atoms with E-state index in [0.29, 0.717) is 21.2 Å². The van der Waals surface area contributed by atoms with Gasteiger partial charge >= 0.3 is 6.09 Å². The summed E-state index contributed by atoms with van der Waals surface area (Å²) in [6.07, 6.45) is 2.21. The van der Waals surface area contributed by atoms with Crippen molar-refractivity contribution in [3.05, 3.63) is 71.0 Å². The van der Waals surface area contributed by atoms with E-state index in [1.54, 1.807) is 43.9 Å². The molecule has 0 spiro atoms. The number of benzene rings is 1. The lowest BCUT2D eigenvalue weighted by Crippen LogP contribution is -2.27. The van der Waals surface area contributed by atoms with Gasteiger partial charge in [0.05, 0.1) is 11.2 Å². The van der Waals surface area contributed by atoms with E-state index in [2.05, 4.69) is 36.3 Å². The Labute approximate surface area is 204 Å². The molecule has 3 aromatic heterocycles. The predicted octanol–water partition coefficient (Wildman–Crippen LogP) is 6.20. The number of hydrogen-bond donors (Lipinski definition) is 1. The first-order valence-electron chi connectivity index (χ1n) is 10.5. The maximum Gasteiger partial charge on any atom is 0.413 e. The van der Waals surface area contributed by atoms with Crippen LogP contribution < -0.4 is 10.1 Å². The Morgan fingerprint density at radius 2 is 1.97 bits per heavy atom. The highest BCUT2D eigenvalue weighted by Gasteiger charge is 2.22. The van der Waals surface area contributed by atoms with Crippen molar-refractivity contribution in [3.63, 3.8) is 0 Å². The first kappa shape index (κ1) is 23.6. The number of nitrogens with zero attached hydrogens (tertiary/aromatic N) is 4. The van der Waals surface area contributed by atoms with Crippen molar-refractivity contribution in [3.8, 4) is 11.4 Å². The molecule has 0 radical (unpaired) electrons. The van der Waals surface area contributed by atoms with Gasteiger partial charge in [0, 0.05) is 17.8 Å². The largest absolute Gasteiger partial charge is 0.480 e. The highest BCUT2D eigenvalue weighted by Crippen LogP contribution is 2.33. The molecule has 0 aliphatic heterocycles. The van der Waals surface area contributed by atoms with Gasteiger partial charge in [0.2, 0.25) is 0 Å². The second kappa shape index (κ2) is 9.38. The summed E-state index contributed by atoms with van der Waals surface area (Å²) < 4.78 is 27.8. The molecule has 1 unspecified atom stereocenters. The van der Waals surface area contributed by atoms with Gasteiger partial charge < -0.3 is 9.47 Å². The maximum atomic E-state index is 13.9. The van der Waals surface area contributed by atoms with Crippen molar-refractivity contribution in [2.75, 3.05) is 5.32 Å². The van der Waals surface area contributed by atoms with E-state index in [9.17, 15) is 9.18 Å². The van der Waals surface area contributed by atoms with Gasteiger partial charge in [0.25, 0.3) is 0 Å². The minimum atomic E-state index is -0.697. The zero-order valence-corrected chi connectivity index (χ0v) is 20.6. The molecule has 1 aromatic carbocycles. The number of nitrogens with one attached hydrogen (secondary N) is 1. The molecular weight excluding hydrogens is 505 g/mol. The number of ether oxygens (including phenoxy) is 2. The molecule has 0 aliphatic carbocycles. The van der Waals surface area contributed by atoms with Crippen LogP contribution in [0.1, 0.15) is 39.5 Å². The average Bonchev–Trinajstić information content (AvgIpc) is 3.27. The number of anilines is 1. The molecule has 176 valence electrons. The second-order valence-electron chi connectivity index (χ2n) is 8.55. The van der Waals surface area contributed by atoms with Crippen molar-refractivity contribution in [1.82, 2.24) is 19.7 Å². The zero-order valence-electron chi connectivity index (χ0n) is 19.0. The number of amides is 1. The second-order valence-corrected chi connectivity index (χ2v) is 9.36. The smallest absolute Gasteiger partial charge is 0.413 e. The Kier molecular flexibility index (Phi) is 6.52. The molecule has 1 N–H and O–H groups in total. The molecule has 3 heterocycles. The maximum absolute atomic E-state index is 13.9. The van der Waals surface area contributed by atoms with E-state index < -0.39 is 23.6 Å². The van der Waals surface area contributed by atoms with Crippen molar-refractivity contribution >= 4 is 38.7 Å². The van der Waals surface area contributed by atoms with Crippen molar-refractivity contribution in [2.24, 2.45) is 0 Å². The summed E-state index contributed by atoms with van der Waals surface area (Å²) in [5, 5.41) is 7.45. The van der Waals surface area contributed by atoms with Gasteiger partial charge in [0.1, 0.15) is 27.8 Å². The third kappa shape index (κ3) is 5.51. The van der Waals surface area contributed by atoms with Crippen LogP contribution in [0, 0.1) is 5.82 Å². The minimum absolute atomic E-state index is 0.149. The highest BCUT2D eigenvalue weighted by atomic mass is 79.9. The fourth-order valence-electron chi connectivity index (χ4n) is 3.30. The molecule has 0 aliphatic rings. The molecule has 0 fully saturated rings. The molecule has 0 saturated heterocycles. The Bertz CT molecular complexity index is 1340. The summed E-state index contributed by atoms with van der Waals surface area (Å²) in [5.74, 6) is -0.0173. The SMILES string of the molecule is CC(Oc1cc2cc(F)ccc2nc1NC(=O)OC(C)(C)C)c1nc(Br)ccc1-n1cccn1. The van der Waals surface area contributed by atoms with Crippen LogP contribution in [0.25, 0.3) is 16.6 Å². The zero-order chi connectivity index (χ0) is 24.5. The van der Waals surface area contributed by atoms with Crippen molar-refractivity contribution in [1.29, 1.82) is 0 Å². The third-order valence-electron chi connectivity index (χ3n) is 4.67. The summed E-state index contributed by atoms with van der Waals surface area (Å²) in [6, 6.07) is 11.3. The number of rotatable bonds is 5. The summed E-state index contributed by atoms with van der Waals surface area (Å²) in [7, 11) is 0. The van der Waals surface area contributed by atoms with E-state index in [4.69, 9.17) is 9.47 Å². The topological polar surface area (TPSA) is 91.2 Å². The van der Waals surface area contributed by atoms with Crippen LogP contribution in [0.4, 0.5) is 15.0 Å². The van der Waals surface area contributed by atoms with Gasteiger partial charge in [-0.2, -0.15) is 5.10 Å². The fraction of sp³-hybridized carbons (Fsp3) is 0.250. The molecule has 10 heteroatoms. The van der Waals surface area contributed by atoms with Gasteiger partial charge in [-0.05, 0) is 86.1 Å². The monoisotopic (exact) mass is 527 g/mol. The summed E-state index contributed by atoms with van der Waals surface area (Å²) >= 11 is 3.41. The number of hydrogen-bond acceptors (Lipinski definition) is 6. The van der Waals surface area contributed by atoms with Crippen LogP contribution in [0.5, 0.6) is 5.75 Å². The number of carbonyl (C=O) groups excluding carboxylic acids is 1. The van der Waals surface area contributed by atoms with E-state index in [1.807, 2.05) is 25.1 Å². The molecule has 0 bridgehead atoms. The Morgan fingerprint density at radius 3 is 2.68 bits per heavy atom. The Balaban J connectivity index is 1.73. The molecule has 8 nitrogen and oxygen atoms in total. The first-order valence-corrected chi connectivity index (χ1v) is 11.3. The number of aromatic nitrogens is 4. The lowest BCUT2D eigenvalue weighted by molar-refractivity contribution is 0.0634. The number of pyridine rings is 2. The van der Waals surface area contributed by atoms with Crippen molar-refractivity contribution < 1.29 is 18.7 Å². The van der Waals surface area contributed by atoms with Crippen LogP contribution in [0.2, 0.25) is 0 Å². The lowest BCUT2D eigenvalue weighted by atomic mass is 10.2. The van der Waals surface area contributed by atoms with Gasteiger partial charge in [0.15, 0.2) is 11.6 Å². The van der Waals surface area contributed by atoms with Crippen LogP contribution in [-0.4, -0.2) is 31.4 Å². The van der Waals surface area contributed by atoms with E-state index in [-0.39, 0.29) is 11.6 Å². The molecule has 0 saturated carbocycles. The first-order chi connectivity index (χ1) is 16.1. The Hall–Kier alpha value is -3.53. The number of halogens is 2. The lowest BCUT2D eigenvalue weighted by Gasteiger charge is -2.22. The quantitative estimate of drug-likeness (QED) is 0.310. The van der Waals surface area contributed by atoms with E-state index in [0.717, 1.165) is 5.69 Å². The standard InChI is InChI=1S/C24H23BrFN5O3/c1-14(21-18(8-9-20(25)29-21)31-11-5-10-27-31)33-19-13-15-12-16(26)6-7-17(15)28-22(19)30-23(32)34-24(2,3)4/h5-14H,1-4H3,(H,28,30,32). The van der Waals surface area contributed by atoms with Gasteiger partial charge in [-0.25, -0.2) is 23.8 Å². The van der Waals surface area contributed by atoms with Crippen molar-refractivity contribution in [2.45, 2.75) is 39.4 Å². The van der Waals surface area contributed by atoms with Gasteiger partial charge in [-0.1, -0.05) is 0 Å². The van der Waals surface area contributed by atoms with Gasteiger partial charge in [-0.15, -0.1) is 0 Å². The molecule has 4 aromatic rings. The Morgan fingerprint density at radius 1 is 1.18 bits per heavy atom. The predicted molar refractivity (Wildman–Crippen MR) is 130 cm³/mol. The summed E-state index contributed by atoms with van der Waals surface area (Å²) in [6.45, 7) is 7.10. The van der Waals surface area contributed by atoms with E-state index in [1.165, 1.54) is 18.2 Å². The highest BCUT2D eigenvalue weighted by molar-refractivity contribution is 9.10. The van der Waals surface area contributed by atoms with Crippen LogP contribution in [0.3, 0.4) is 0 Å². The third-order valence-corrected chi connectivity index (χ3v) is 5.11. The summed E-state index contributed by atoms with van der Waals surface area (Å²) in [5.41, 5.74) is 1.12. The molecule has 1 atom stereocenters. The molecule has 1 amide bonds. The van der Waals surface area contributed by atoms with Crippen LogP contribution in [-0.2, 0) is 4.74 Å². The van der Waals surface area contributed by atoms with E-state index >= 15 is 0 Å². The average molecular weight is 528 g/mol. The summed E-state index contributed by atoms with van der Waals surface area (Å²) in [4.78, 5) is 21.5. The molecule has 34 heavy (non-hydrogen) atoms. The number of carbonyl (C=O) groups is 1. The van der Waals surface area contributed by atoms with Gasteiger partial charge in [-0.3, -0.25) is 5.32 Å². The minimum Gasteiger partial charge on any atom is -0.480 e. The molecular formula is C24H23BrFN5O3. The fourth-order valence-corrected chi connectivity index (χ4v) is 3.62. The molecule has 4 rings (SSSR count). The number of fused-ring (bicyclic) bond motifs is 1. The van der Waals surface area contributed by atoms with Crippen LogP contribution >= 0.6 is 15.9 Å². The van der Waals surface area contributed by atoms with Crippen LogP contribution in [0.15, 0.2) is 59.5 Å². The normalized spacial score (nSPS) is 12.4.